The van der Waals surface area contributed by atoms with Crippen LogP contribution in [0.25, 0.3) is 0 Å². The zero-order valence-corrected chi connectivity index (χ0v) is 8.92. The van der Waals surface area contributed by atoms with Gasteiger partial charge in [-0.1, -0.05) is 23.7 Å². The lowest BCUT2D eigenvalue weighted by molar-refractivity contribution is 0.0586. The molecule has 0 fully saturated rings. The van der Waals surface area contributed by atoms with Crippen molar-refractivity contribution in [2.45, 2.75) is 26.1 Å². The topological polar surface area (TPSA) is 33.1 Å². The third kappa shape index (κ3) is 3.90. The summed E-state index contributed by atoms with van der Waals surface area (Å²) in [7, 11) is 0. The predicted molar refractivity (Wildman–Crippen MR) is 59.1 cm³/mol. The number of nitrogens with one attached hydrogen (secondary N) is 1. The van der Waals surface area contributed by atoms with E-state index in [1.807, 2.05) is 31.2 Å². The Balaban J connectivity index is 2.41. The van der Waals surface area contributed by atoms with Crippen LogP contribution in [0.3, 0.4) is 0 Å². The zero-order valence-electron chi connectivity index (χ0n) is 8.16. The van der Waals surface area contributed by atoms with Gasteiger partial charge in [-0.3, -0.25) is 0 Å². The van der Waals surface area contributed by atoms with Crippen LogP contribution in [0.5, 0.6) is 0 Å². The molecule has 0 radical (unpaired) electrons. The third-order valence-electron chi connectivity index (χ3n) is 1.87. The van der Waals surface area contributed by atoms with Crippen LogP contribution in [0.15, 0.2) is 24.3 Å². The van der Waals surface area contributed by atoms with Crippen LogP contribution in [0.2, 0.25) is 5.02 Å². The van der Waals surface area contributed by atoms with Gasteiger partial charge in [0, 0.05) is 11.4 Å². The predicted octanol–water partition coefficient (Wildman–Crippen LogP) is 3.28. The number of benzene rings is 1. The molecule has 2 nitrogen and oxygen atoms in total. The van der Waals surface area contributed by atoms with Crippen molar-refractivity contribution in [1.82, 2.24) is 0 Å². The first-order valence-electron chi connectivity index (χ1n) is 4.57. The molecular weight excluding hydrogens is 198 g/mol. The average molecular weight is 212 g/mol. The van der Waals surface area contributed by atoms with E-state index in [-0.39, 0.29) is 6.10 Å². The lowest BCUT2D eigenvalue weighted by atomic mass is 10.2. The van der Waals surface area contributed by atoms with Crippen molar-refractivity contribution in [1.29, 1.82) is 5.41 Å². The Morgan fingerprint density at radius 3 is 3.00 bits per heavy atom. The maximum absolute atomic E-state index is 6.92. The monoisotopic (exact) mass is 211 g/mol. The van der Waals surface area contributed by atoms with Crippen LogP contribution in [0, 0.1) is 5.41 Å². The molecule has 0 saturated heterocycles. The standard InChI is InChI=1S/C11H14ClNO/c1-9(5-6-13)14-8-10-3-2-4-11(12)7-10/h2-4,6-7,9,13H,5,8H2,1H3/t9-/m1/s1. The van der Waals surface area contributed by atoms with Gasteiger partial charge in [0.25, 0.3) is 0 Å². The second-order valence-corrected chi connectivity index (χ2v) is 3.63. The van der Waals surface area contributed by atoms with E-state index in [1.165, 1.54) is 6.21 Å². The first-order chi connectivity index (χ1) is 6.72. The molecule has 0 aliphatic rings. The Hall–Kier alpha value is -0.860. The van der Waals surface area contributed by atoms with Gasteiger partial charge in [0.15, 0.2) is 0 Å². The van der Waals surface area contributed by atoms with Gasteiger partial charge >= 0.3 is 0 Å². The summed E-state index contributed by atoms with van der Waals surface area (Å²) in [6.45, 7) is 2.51. The lowest BCUT2D eigenvalue weighted by Crippen LogP contribution is -2.08. The van der Waals surface area contributed by atoms with Gasteiger partial charge in [0.1, 0.15) is 0 Å². The molecular formula is C11H14ClNO. The molecule has 1 aromatic rings. The van der Waals surface area contributed by atoms with Crippen LogP contribution in [-0.2, 0) is 11.3 Å². The SMILES string of the molecule is C[C@H](CC=N)OCc1cccc(Cl)c1. The maximum Gasteiger partial charge on any atom is 0.0721 e. The second-order valence-electron chi connectivity index (χ2n) is 3.19. The third-order valence-corrected chi connectivity index (χ3v) is 2.11. The van der Waals surface area contributed by atoms with Crippen LogP contribution in [0.4, 0.5) is 0 Å². The number of rotatable bonds is 5. The van der Waals surface area contributed by atoms with Crippen molar-refractivity contribution in [3.05, 3.63) is 34.9 Å². The van der Waals surface area contributed by atoms with E-state index in [9.17, 15) is 0 Å². The van der Waals surface area contributed by atoms with E-state index in [0.29, 0.717) is 13.0 Å². The molecule has 1 N–H and O–H groups in total. The quantitative estimate of drug-likeness (QED) is 0.745. The molecule has 0 unspecified atom stereocenters. The summed E-state index contributed by atoms with van der Waals surface area (Å²) < 4.78 is 5.51. The molecule has 0 spiro atoms. The van der Waals surface area contributed by atoms with Gasteiger partial charge in [-0.25, -0.2) is 0 Å². The van der Waals surface area contributed by atoms with Crippen molar-refractivity contribution in [3.8, 4) is 0 Å². The Bertz CT molecular complexity index is 301. The Morgan fingerprint density at radius 1 is 1.57 bits per heavy atom. The molecule has 3 heteroatoms. The van der Waals surface area contributed by atoms with Crippen molar-refractivity contribution in [3.63, 3.8) is 0 Å². The minimum Gasteiger partial charge on any atom is -0.373 e. The van der Waals surface area contributed by atoms with Crippen molar-refractivity contribution >= 4 is 17.8 Å². The van der Waals surface area contributed by atoms with Crippen molar-refractivity contribution in [2.24, 2.45) is 0 Å². The molecule has 1 rings (SSSR count). The molecule has 76 valence electrons. The Morgan fingerprint density at radius 2 is 2.36 bits per heavy atom. The first kappa shape index (κ1) is 11.2. The van der Waals surface area contributed by atoms with Crippen molar-refractivity contribution in [2.75, 3.05) is 0 Å². The summed E-state index contributed by atoms with van der Waals surface area (Å²) in [5.41, 5.74) is 1.06. The van der Waals surface area contributed by atoms with Gasteiger partial charge in [0.05, 0.1) is 12.7 Å². The van der Waals surface area contributed by atoms with Crippen molar-refractivity contribution < 1.29 is 4.74 Å². The number of hydrogen-bond acceptors (Lipinski definition) is 2. The van der Waals surface area contributed by atoms with Crippen LogP contribution in [-0.4, -0.2) is 12.3 Å². The fourth-order valence-electron chi connectivity index (χ4n) is 1.10. The van der Waals surface area contributed by atoms with Gasteiger partial charge < -0.3 is 10.1 Å². The average Bonchev–Trinajstić information content (AvgIpc) is 2.15. The van der Waals surface area contributed by atoms with E-state index in [2.05, 4.69) is 0 Å². The summed E-state index contributed by atoms with van der Waals surface area (Å²) in [6.07, 6.45) is 2.11. The molecule has 0 aromatic heterocycles. The summed E-state index contributed by atoms with van der Waals surface area (Å²) >= 11 is 5.83. The highest BCUT2D eigenvalue weighted by molar-refractivity contribution is 6.30. The zero-order chi connectivity index (χ0) is 10.4. The van der Waals surface area contributed by atoms with E-state index >= 15 is 0 Å². The summed E-state index contributed by atoms with van der Waals surface area (Å²) in [4.78, 5) is 0. The maximum atomic E-state index is 6.92. The largest absolute Gasteiger partial charge is 0.373 e. The molecule has 0 bridgehead atoms. The van der Waals surface area contributed by atoms with Crippen LogP contribution >= 0.6 is 11.6 Å². The van der Waals surface area contributed by atoms with E-state index in [4.69, 9.17) is 21.7 Å². The minimum atomic E-state index is 0.0893. The van der Waals surface area contributed by atoms with E-state index < -0.39 is 0 Å². The molecule has 0 heterocycles. The number of halogens is 1. The number of ether oxygens (including phenoxy) is 1. The molecule has 1 atom stereocenters. The molecule has 0 aliphatic carbocycles. The smallest absolute Gasteiger partial charge is 0.0721 e. The fraction of sp³-hybridized carbons (Fsp3) is 0.364. The second kappa shape index (κ2) is 5.78. The Kier molecular flexibility index (Phi) is 4.63. The van der Waals surface area contributed by atoms with Crippen LogP contribution < -0.4 is 0 Å². The summed E-state index contributed by atoms with van der Waals surface area (Å²) in [5.74, 6) is 0. The molecule has 1 aromatic carbocycles. The Labute approximate surface area is 89.4 Å². The normalized spacial score (nSPS) is 12.4. The highest BCUT2D eigenvalue weighted by Gasteiger charge is 2.00. The lowest BCUT2D eigenvalue weighted by Gasteiger charge is -2.10. The fourth-order valence-corrected chi connectivity index (χ4v) is 1.31. The highest BCUT2D eigenvalue weighted by atomic mass is 35.5. The number of hydrogen-bond donors (Lipinski definition) is 1. The molecule has 0 aliphatic heterocycles. The van der Waals surface area contributed by atoms with Gasteiger partial charge in [-0.2, -0.15) is 0 Å². The van der Waals surface area contributed by atoms with E-state index in [0.717, 1.165) is 10.6 Å². The summed E-state index contributed by atoms with van der Waals surface area (Å²) in [6, 6.07) is 7.61. The minimum absolute atomic E-state index is 0.0893. The molecule has 0 amide bonds. The molecule has 14 heavy (non-hydrogen) atoms. The van der Waals surface area contributed by atoms with Gasteiger partial charge in [-0.05, 0) is 30.8 Å². The van der Waals surface area contributed by atoms with Gasteiger partial charge in [-0.15, -0.1) is 0 Å². The molecule has 0 saturated carbocycles. The van der Waals surface area contributed by atoms with E-state index in [1.54, 1.807) is 0 Å². The van der Waals surface area contributed by atoms with Gasteiger partial charge in [0.2, 0.25) is 0 Å². The highest BCUT2D eigenvalue weighted by Crippen LogP contribution is 2.12. The summed E-state index contributed by atoms with van der Waals surface area (Å²) in [5, 5.41) is 7.65. The van der Waals surface area contributed by atoms with Crippen LogP contribution in [0.1, 0.15) is 18.9 Å². The first-order valence-corrected chi connectivity index (χ1v) is 4.95.